The van der Waals surface area contributed by atoms with E-state index in [0.29, 0.717) is 5.41 Å². The Hall–Kier alpha value is -1.05. The first-order valence-electron chi connectivity index (χ1n) is 6.48. The lowest BCUT2D eigenvalue weighted by atomic mass is 9.89. The van der Waals surface area contributed by atoms with Crippen molar-refractivity contribution in [1.82, 2.24) is 0 Å². The molecule has 0 rings (SSSR count). The van der Waals surface area contributed by atoms with Crippen LogP contribution in [0, 0.1) is 5.41 Å². The largest absolute Gasteiger partial charge is 0.478 e. The molecule has 0 aliphatic heterocycles. The summed E-state index contributed by atoms with van der Waals surface area (Å²) < 4.78 is 0. The van der Waals surface area contributed by atoms with E-state index in [4.69, 9.17) is 5.11 Å². The van der Waals surface area contributed by atoms with Gasteiger partial charge >= 0.3 is 5.97 Å². The Bertz CT molecular complexity index is 257. The third kappa shape index (κ3) is 14.9. The van der Waals surface area contributed by atoms with E-state index in [1.54, 1.807) is 6.08 Å². The third-order valence-electron chi connectivity index (χ3n) is 2.53. The van der Waals surface area contributed by atoms with Gasteiger partial charge in [-0.3, -0.25) is 0 Å². The van der Waals surface area contributed by atoms with Crippen LogP contribution < -0.4 is 0 Å². The van der Waals surface area contributed by atoms with E-state index >= 15 is 0 Å². The van der Waals surface area contributed by atoms with Gasteiger partial charge in [0.05, 0.1) is 0 Å². The monoisotopic (exact) mass is 238 g/mol. The standard InChI is InChI=1S/C15H26O2/c1-15(2,3)13-11-9-7-5-4-6-8-10-12-14(16)17/h6,8,10,12H,4-5,7,9,11,13H2,1-3H3,(H,16,17). The molecule has 1 N–H and O–H groups in total. The van der Waals surface area contributed by atoms with Crippen LogP contribution in [-0.4, -0.2) is 11.1 Å². The van der Waals surface area contributed by atoms with Crippen LogP contribution in [0.25, 0.3) is 0 Å². The van der Waals surface area contributed by atoms with Crippen LogP contribution >= 0.6 is 0 Å². The molecular formula is C15H26O2. The highest BCUT2D eigenvalue weighted by atomic mass is 16.4. The normalized spacial score (nSPS) is 12.6. The van der Waals surface area contributed by atoms with Crippen molar-refractivity contribution in [1.29, 1.82) is 0 Å². The second-order valence-electron chi connectivity index (χ2n) is 5.64. The van der Waals surface area contributed by atoms with Gasteiger partial charge in [-0.05, 0) is 24.7 Å². The summed E-state index contributed by atoms with van der Waals surface area (Å²) in [4.78, 5) is 10.2. The Morgan fingerprint density at radius 2 is 1.71 bits per heavy atom. The number of hydrogen-bond donors (Lipinski definition) is 1. The molecule has 0 saturated heterocycles. The maximum absolute atomic E-state index is 10.2. The number of allylic oxidation sites excluding steroid dienone is 3. The van der Waals surface area contributed by atoms with E-state index in [9.17, 15) is 4.79 Å². The van der Waals surface area contributed by atoms with E-state index in [1.165, 1.54) is 32.1 Å². The Morgan fingerprint density at radius 1 is 1.06 bits per heavy atom. The maximum atomic E-state index is 10.2. The minimum atomic E-state index is -0.892. The first kappa shape index (κ1) is 16.0. The molecule has 0 aromatic carbocycles. The van der Waals surface area contributed by atoms with Gasteiger partial charge in [0.1, 0.15) is 0 Å². The average molecular weight is 238 g/mol. The highest BCUT2D eigenvalue weighted by Crippen LogP contribution is 2.22. The molecule has 0 spiro atoms. The second kappa shape index (κ2) is 9.03. The van der Waals surface area contributed by atoms with Crippen molar-refractivity contribution in [3.63, 3.8) is 0 Å². The molecule has 0 fully saturated rings. The summed E-state index contributed by atoms with van der Waals surface area (Å²) in [5.74, 6) is -0.892. The van der Waals surface area contributed by atoms with Crippen LogP contribution in [-0.2, 0) is 4.79 Å². The molecule has 0 atom stereocenters. The zero-order valence-corrected chi connectivity index (χ0v) is 11.4. The molecular weight excluding hydrogens is 212 g/mol. The molecule has 0 aliphatic rings. The Morgan fingerprint density at radius 3 is 2.29 bits per heavy atom. The molecule has 0 aliphatic carbocycles. The van der Waals surface area contributed by atoms with Crippen molar-refractivity contribution >= 4 is 5.97 Å². The molecule has 0 aromatic rings. The molecule has 2 heteroatoms. The predicted octanol–water partition coefficient (Wildman–Crippen LogP) is 4.57. The molecule has 0 bridgehead atoms. The zero-order chi connectivity index (χ0) is 13.1. The van der Waals surface area contributed by atoms with E-state index in [1.807, 2.05) is 12.2 Å². The van der Waals surface area contributed by atoms with Gasteiger partial charge in [-0.15, -0.1) is 0 Å². The van der Waals surface area contributed by atoms with Gasteiger partial charge in [0.2, 0.25) is 0 Å². The van der Waals surface area contributed by atoms with Crippen LogP contribution in [0.2, 0.25) is 0 Å². The van der Waals surface area contributed by atoms with Crippen LogP contribution in [0.15, 0.2) is 24.3 Å². The zero-order valence-electron chi connectivity index (χ0n) is 11.4. The van der Waals surface area contributed by atoms with Crippen molar-refractivity contribution in [3.8, 4) is 0 Å². The minimum Gasteiger partial charge on any atom is -0.478 e. The van der Waals surface area contributed by atoms with Gasteiger partial charge < -0.3 is 5.11 Å². The summed E-state index contributed by atoms with van der Waals surface area (Å²) in [6.07, 6.45) is 14.0. The molecule has 17 heavy (non-hydrogen) atoms. The fourth-order valence-electron chi connectivity index (χ4n) is 1.58. The van der Waals surface area contributed by atoms with Gasteiger partial charge in [0.15, 0.2) is 0 Å². The maximum Gasteiger partial charge on any atom is 0.328 e. The molecule has 0 unspecified atom stereocenters. The number of hydrogen-bond acceptors (Lipinski definition) is 1. The summed E-state index contributed by atoms with van der Waals surface area (Å²) in [6.45, 7) is 6.85. The van der Waals surface area contributed by atoms with Crippen molar-refractivity contribution in [2.24, 2.45) is 5.41 Å². The molecule has 0 heterocycles. The van der Waals surface area contributed by atoms with Gasteiger partial charge in [-0.2, -0.15) is 0 Å². The molecule has 0 saturated carbocycles. The lowest BCUT2D eigenvalue weighted by Gasteiger charge is -2.17. The van der Waals surface area contributed by atoms with E-state index in [2.05, 4.69) is 20.8 Å². The fourth-order valence-corrected chi connectivity index (χ4v) is 1.58. The Kier molecular flexibility index (Phi) is 8.47. The van der Waals surface area contributed by atoms with Crippen LogP contribution in [0.4, 0.5) is 0 Å². The van der Waals surface area contributed by atoms with Crippen LogP contribution in [0.5, 0.6) is 0 Å². The van der Waals surface area contributed by atoms with Crippen molar-refractivity contribution in [2.45, 2.75) is 59.3 Å². The third-order valence-corrected chi connectivity index (χ3v) is 2.53. The predicted molar refractivity (Wildman–Crippen MR) is 73.1 cm³/mol. The Labute approximate surface area is 105 Å². The number of carboxylic acid groups (broad SMARTS) is 1. The smallest absolute Gasteiger partial charge is 0.328 e. The van der Waals surface area contributed by atoms with Gasteiger partial charge in [-0.1, -0.05) is 58.3 Å². The molecule has 0 radical (unpaired) electrons. The first-order chi connectivity index (χ1) is 7.92. The number of rotatable bonds is 8. The Balaban J connectivity index is 3.32. The number of carbonyl (C=O) groups is 1. The molecule has 0 aromatic heterocycles. The SMILES string of the molecule is CC(C)(C)CCCCCCC=CC=CC(=O)O. The highest BCUT2D eigenvalue weighted by Gasteiger charge is 2.08. The van der Waals surface area contributed by atoms with Crippen molar-refractivity contribution in [3.05, 3.63) is 24.3 Å². The second-order valence-corrected chi connectivity index (χ2v) is 5.64. The summed E-state index contributed by atoms with van der Waals surface area (Å²) >= 11 is 0. The lowest BCUT2D eigenvalue weighted by molar-refractivity contribution is -0.131. The number of carboxylic acids is 1. The van der Waals surface area contributed by atoms with Crippen molar-refractivity contribution < 1.29 is 9.90 Å². The number of unbranched alkanes of at least 4 members (excludes halogenated alkanes) is 4. The minimum absolute atomic E-state index is 0.460. The number of aliphatic carboxylic acids is 1. The average Bonchev–Trinajstić information content (AvgIpc) is 2.18. The van der Waals surface area contributed by atoms with E-state index in [0.717, 1.165) is 12.5 Å². The molecule has 2 nitrogen and oxygen atoms in total. The summed E-state index contributed by atoms with van der Waals surface area (Å²) in [5.41, 5.74) is 0.460. The van der Waals surface area contributed by atoms with E-state index < -0.39 is 5.97 Å². The summed E-state index contributed by atoms with van der Waals surface area (Å²) in [7, 11) is 0. The van der Waals surface area contributed by atoms with Gasteiger partial charge in [0.25, 0.3) is 0 Å². The van der Waals surface area contributed by atoms with Crippen LogP contribution in [0.1, 0.15) is 59.3 Å². The van der Waals surface area contributed by atoms with E-state index in [-0.39, 0.29) is 0 Å². The lowest BCUT2D eigenvalue weighted by Crippen LogP contribution is -2.03. The highest BCUT2D eigenvalue weighted by molar-refractivity contribution is 5.80. The van der Waals surface area contributed by atoms with Gasteiger partial charge in [-0.25, -0.2) is 4.79 Å². The summed E-state index contributed by atoms with van der Waals surface area (Å²) in [6, 6.07) is 0. The van der Waals surface area contributed by atoms with Crippen molar-refractivity contribution in [2.75, 3.05) is 0 Å². The molecule has 98 valence electrons. The van der Waals surface area contributed by atoms with Crippen LogP contribution in [0.3, 0.4) is 0 Å². The topological polar surface area (TPSA) is 37.3 Å². The fraction of sp³-hybridized carbons (Fsp3) is 0.667. The first-order valence-corrected chi connectivity index (χ1v) is 6.48. The molecule has 0 amide bonds. The summed E-state index contributed by atoms with van der Waals surface area (Å²) in [5, 5.41) is 8.36. The van der Waals surface area contributed by atoms with Gasteiger partial charge in [0, 0.05) is 6.08 Å². The quantitative estimate of drug-likeness (QED) is 0.382.